The molecule has 0 atom stereocenters. The fraction of sp³-hybridized carbons (Fsp3) is 0.300. The van der Waals surface area contributed by atoms with E-state index in [0.29, 0.717) is 6.07 Å². The van der Waals surface area contributed by atoms with Crippen LogP contribution < -0.4 is 0 Å². The summed E-state index contributed by atoms with van der Waals surface area (Å²) in [4.78, 5) is 0. The van der Waals surface area contributed by atoms with E-state index < -0.39 is 34.8 Å². The van der Waals surface area contributed by atoms with Crippen molar-refractivity contribution in [2.45, 2.75) is 19.3 Å². The molecule has 18 heavy (non-hydrogen) atoms. The van der Waals surface area contributed by atoms with Crippen LogP contribution in [0.5, 0.6) is 0 Å². The molecule has 0 aliphatic rings. The minimum absolute atomic E-state index is 0. The smallest absolute Gasteiger partial charge is 0.305 e. The number of hydrogen-bond acceptors (Lipinski definition) is 1. The Bertz CT molecular complexity index is 449. The van der Waals surface area contributed by atoms with Gasteiger partial charge in [-0.25, -0.2) is 0 Å². The number of benzene rings is 1. The number of hydrogen-bond donors (Lipinski definition) is 1. The van der Waals surface area contributed by atoms with E-state index in [4.69, 9.17) is 5.41 Å². The molecule has 0 heterocycles. The zero-order valence-electron chi connectivity index (χ0n) is 8.91. The molecule has 0 aliphatic heterocycles. The molecular weight excluding hydrogens is 284 g/mol. The van der Waals surface area contributed by atoms with Gasteiger partial charge in [0.15, 0.2) is 0 Å². The van der Waals surface area contributed by atoms with Crippen LogP contribution in [0.4, 0.5) is 26.3 Å². The summed E-state index contributed by atoms with van der Waals surface area (Å²) in [5.74, 6) is 0. The van der Waals surface area contributed by atoms with Crippen LogP contribution in [0.15, 0.2) is 18.2 Å². The van der Waals surface area contributed by atoms with Gasteiger partial charge in [0.25, 0.3) is 0 Å². The summed E-state index contributed by atoms with van der Waals surface area (Å²) in [6.07, 6.45) is -10.2. The van der Waals surface area contributed by atoms with Crippen LogP contribution >= 0.6 is 12.4 Å². The van der Waals surface area contributed by atoms with Gasteiger partial charge in [-0.2, -0.15) is 26.3 Å². The molecule has 0 bridgehead atoms. The van der Waals surface area contributed by atoms with Crippen LogP contribution in [0.25, 0.3) is 0 Å². The minimum Gasteiger partial charge on any atom is -0.305 e. The third-order valence-electron chi connectivity index (χ3n) is 2.06. The zero-order valence-corrected chi connectivity index (χ0v) is 9.72. The summed E-state index contributed by atoms with van der Waals surface area (Å²) >= 11 is 0. The van der Waals surface area contributed by atoms with E-state index >= 15 is 0 Å². The van der Waals surface area contributed by atoms with Crippen molar-refractivity contribution >= 4 is 18.1 Å². The van der Waals surface area contributed by atoms with Crippen molar-refractivity contribution in [3.05, 3.63) is 34.9 Å². The summed E-state index contributed by atoms with van der Waals surface area (Å²) in [5.41, 5.74) is -4.90. The quantitative estimate of drug-likeness (QED) is 0.580. The first-order chi connectivity index (χ1) is 7.55. The van der Waals surface area contributed by atoms with Crippen molar-refractivity contribution in [3.63, 3.8) is 0 Å². The Morgan fingerprint density at radius 3 is 1.83 bits per heavy atom. The predicted molar refractivity (Wildman–Crippen MR) is 56.2 cm³/mol. The second kappa shape index (κ2) is 5.17. The van der Waals surface area contributed by atoms with Crippen molar-refractivity contribution in [2.24, 2.45) is 0 Å². The minimum atomic E-state index is -5.15. The van der Waals surface area contributed by atoms with E-state index in [-0.39, 0.29) is 12.4 Å². The normalized spacial score (nSPS) is 11.9. The average Bonchev–Trinajstić information content (AvgIpc) is 2.13. The highest BCUT2D eigenvalue weighted by Gasteiger charge is 2.44. The van der Waals surface area contributed by atoms with Gasteiger partial charge in [0.05, 0.1) is 11.1 Å². The van der Waals surface area contributed by atoms with E-state index in [0.717, 1.165) is 19.1 Å². The third-order valence-corrected chi connectivity index (χ3v) is 2.06. The standard InChI is InChI=1S/C10H7F6N.ClH/c1-5(17)6-3-2-4-7(9(11,12)13)8(6)10(14,15)16;/h2-4,17H,1H3;1H. The first kappa shape index (κ1) is 16.8. The highest BCUT2D eigenvalue weighted by atomic mass is 35.5. The zero-order chi connectivity index (χ0) is 13.4. The van der Waals surface area contributed by atoms with Gasteiger partial charge in [0, 0.05) is 11.3 Å². The van der Waals surface area contributed by atoms with E-state index in [1.807, 2.05) is 0 Å². The highest BCUT2D eigenvalue weighted by molar-refractivity contribution is 5.98. The summed E-state index contributed by atoms with van der Waals surface area (Å²) in [7, 11) is 0. The van der Waals surface area contributed by atoms with Gasteiger partial charge in [-0.1, -0.05) is 12.1 Å². The lowest BCUT2D eigenvalue weighted by Gasteiger charge is -2.18. The van der Waals surface area contributed by atoms with Crippen LogP contribution in [0.1, 0.15) is 23.6 Å². The Hall–Kier alpha value is -1.24. The van der Waals surface area contributed by atoms with Gasteiger partial charge in [-0.05, 0) is 13.0 Å². The van der Waals surface area contributed by atoms with E-state index in [9.17, 15) is 26.3 Å². The number of nitrogens with one attached hydrogen (secondary N) is 1. The molecule has 0 saturated carbocycles. The molecule has 1 nitrogen and oxygen atoms in total. The number of halogens is 7. The molecule has 1 N–H and O–H groups in total. The monoisotopic (exact) mass is 291 g/mol. The molecule has 0 amide bonds. The topological polar surface area (TPSA) is 23.9 Å². The Morgan fingerprint density at radius 2 is 1.50 bits per heavy atom. The van der Waals surface area contributed by atoms with Gasteiger partial charge in [0.2, 0.25) is 0 Å². The lowest BCUT2D eigenvalue weighted by atomic mass is 9.97. The Balaban J connectivity index is 0.00000289. The van der Waals surface area contributed by atoms with Gasteiger partial charge in [0.1, 0.15) is 0 Å². The van der Waals surface area contributed by atoms with Crippen LogP contribution in [0.3, 0.4) is 0 Å². The summed E-state index contributed by atoms with van der Waals surface area (Å²) in [6, 6.07) is 2.06. The second-order valence-electron chi connectivity index (χ2n) is 3.35. The molecule has 0 aromatic heterocycles. The van der Waals surface area contributed by atoms with Crippen LogP contribution in [-0.4, -0.2) is 5.71 Å². The van der Waals surface area contributed by atoms with Gasteiger partial charge in [-0.15, -0.1) is 12.4 Å². The Kier molecular flexibility index (Phi) is 4.82. The molecule has 0 fully saturated rings. The highest BCUT2D eigenvalue weighted by Crippen LogP contribution is 2.41. The lowest BCUT2D eigenvalue weighted by molar-refractivity contribution is -0.162. The van der Waals surface area contributed by atoms with Crippen LogP contribution in [0, 0.1) is 5.41 Å². The van der Waals surface area contributed by atoms with Crippen molar-refractivity contribution in [1.29, 1.82) is 5.41 Å². The van der Waals surface area contributed by atoms with Crippen molar-refractivity contribution in [3.8, 4) is 0 Å². The maximum atomic E-state index is 12.6. The summed E-state index contributed by atoms with van der Waals surface area (Å²) in [6.45, 7) is 1.00. The summed E-state index contributed by atoms with van der Waals surface area (Å²) in [5, 5.41) is 7.09. The molecule has 0 saturated heterocycles. The fourth-order valence-electron chi connectivity index (χ4n) is 1.41. The first-order valence-corrected chi connectivity index (χ1v) is 4.38. The summed E-state index contributed by atoms with van der Waals surface area (Å²) < 4.78 is 75.2. The molecule has 1 rings (SSSR count). The van der Waals surface area contributed by atoms with Gasteiger partial charge < -0.3 is 5.41 Å². The van der Waals surface area contributed by atoms with E-state index in [2.05, 4.69) is 0 Å². The third kappa shape index (κ3) is 3.38. The Labute approximate surface area is 105 Å². The van der Waals surface area contributed by atoms with Gasteiger partial charge in [-0.3, -0.25) is 0 Å². The predicted octanol–water partition coefficient (Wildman–Crippen LogP) is 4.53. The molecular formula is C10H8ClF6N. The molecule has 0 spiro atoms. The molecule has 0 unspecified atom stereocenters. The molecule has 1 aromatic rings. The Morgan fingerprint density at radius 1 is 1.00 bits per heavy atom. The van der Waals surface area contributed by atoms with Crippen molar-refractivity contribution < 1.29 is 26.3 Å². The van der Waals surface area contributed by atoms with E-state index in [1.54, 1.807) is 0 Å². The SMILES string of the molecule is CC(=N)c1cccc(C(F)(F)F)c1C(F)(F)F.Cl. The lowest BCUT2D eigenvalue weighted by Crippen LogP contribution is -2.20. The maximum absolute atomic E-state index is 12.6. The van der Waals surface area contributed by atoms with Crippen molar-refractivity contribution in [1.82, 2.24) is 0 Å². The van der Waals surface area contributed by atoms with Crippen LogP contribution in [-0.2, 0) is 12.4 Å². The second-order valence-corrected chi connectivity index (χ2v) is 3.35. The number of rotatable bonds is 1. The molecule has 8 heteroatoms. The van der Waals surface area contributed by atoms with Crippen LogP contribution in [0.2, 0.25) is 0 Å². The van der Waals surface area contributed by atoms with Gasteiger partial charge >= 0.3 is 12.4 Å². The molecule has 0 aliphatic carbocycles. The molecule has 102 valence electrons. The number of alkyl halides is 6. The van der Waals surface area contributed by atoms with Crippen molar-refractivity contribution in [2.75, 3.05) is 0 Å². The van der Waals surface area contributed by atoms with E-state index in [1.165, 1.54) is 0 Å². The largest absolute Gasteiger partial charge is 0.417 e. The maximum Gasteiger partial charge on any atom is 0.417 e. The molecule has 0 radical (unpaired) electrons. The fourth-order valence-corrected chi connectivity index (χ4v) is 1.41. The molecule has 1 aromatic carbocycles. The average molecular weight is 292 g/mol. The first-order valence-electron chi connectivity index (χ1n) is 4.38.